The molecule has 0 aliphatic rings. The molecule has 0 aliphatic carbocycles. The van der Waals surface area contributed by atoms with Crippen LogP contribution in [0.4, 0.5) is 10.1 Å². The van der Waals surface area contributed by atoms with Crippen LogP contribution in [0.1, 0.15) is 16.8 Å². The van der Waals surface area contributed by atoms with Crippen LogP contribution in [0.3, 0.4) is 0 Å². The number of halogens is 1. The van der Waals surface area contributed by atoms with Crippen molar-refractivity contribution in [3.8, 4) is 11.1 Å². The number of aromatic nitrogens is 3. The monoisotopic (exact) mass is 420 g/mol. The highest BCUT2D eigenvalue weighted by Gasteiger charge is 2.14. The van der Waals surface area contributed by atoms with Crippen molar-refractivity contribution in [2.75, 3.05) is 11.1 Å². The van der Waals surface area contributed by atoms with E-state index in [0.29, 0.717) is 5.65 Å². The van der Waals surface area contributed by atoms with Gasteiger partial charge >= 0.3 is 0 Å². The van der Waals surface area contributed by atoms with E-state index in [-0.39, 0.29) is 17.5 Å². The quantitative estimate of drug-likeness (QED) is 0.356. The minimum absolute atomic E-state index is 0.0813. The van der Waals surface area contributed by atoms with Crippen LogP contribution < -0.4 is 5.32 Å². The molecule has 0 saturated carbocycles. The number of hydrogen-bond donors (Lipinski definition) is 1. The fraction of sp³-hybridized carbons (Fsp3) is 0.174. The molecule has 0 bridgehead atoms. The Balaban J connectivity index is 1.56. The molecule has 0 atom stereocenters. The van der Waals surface area contributed by atoms with Gasteiger partial charge in [-0.15, -0.1) is 0 Å². The first kappa shape index (κ1) is 20.1. The van der Waals surface area contributed by atoms with Crippen molar-refractivity contribution in [2.24, 2.45) is 0 Å². The Bertz CT molecular complexity index is 1230. The van der Waals surface area contributed by atoms with E-state index < -0.39 is 0 Å². The lowest BCUT2D eigenvalue weighted by atomic mass is 10.1. The largest absolute Gasteiger partial charge is 0.325 e. The minimum atomic E-state index is -0.287. The molecule has 0 fully saturated rings. The highest BCUT2D eigenvalue weighted by atomic mass is 32.2. The van der Waals surface area contributed by atoms with Crippen LogP contribution >= 0.6 is 11.8 Å². The average molecular weight is 421 g/mol. The first-order chi connectivity index (χ1) is 14.4. The number of thioether (sulfide) groups is 1. The first-order valence-electron chi connectivity index (χ1n) is 9.52. The van der Waals surface area contributed by atoms with Crippen LogP contribution in [0.5, 0.6) is 0 Å². The smallest absolute Gasteiger partial charge is 0.234 e. The number of rotatable bonds is 5. The Kier molecular flexibility index (Phi) is 5.55. The Labute approximate surface area is 178 Å². The van der Waals surface area contributed by atoms with Gasteiger partial charge in [0, 0.05) is 16.9 Å². The van der Waals surface area contributed by atoms with Gasteiger partial charge in [0.2, 0.25) is 5.91 Å². The predicted molar refractivity (Wildman–Crippen MR) is 118 cm³/mol. The Morgan fingerprint density at radius 3 is 2.67 bits per heavy atom. The summed E-state index contributed by atoms with van der Waals surface area (Å²) in [6.07, 6.45) is 1.72. The maximum atomic E-state index is 13.3. The van der Waals surface area contributed by atoms with Crippen molar-refractivity contribution in [1.82, 2.24) is 14.6 Å². The number of amides is 1. The zero-order valence-electron chi connectivity index (χ0n) is 16.9. The Hall–Kier alpha value is -3.19. The van der Waals surface area contributed by atoms with Crippen molar-refractivity contribution in [2.45, 2.75) is 25.8 Å². The van der Waals surface area contributed by atoms with E-state index in [2.05, 4.69) is 15.4 Å². The Morgan fingerprint density at radius 1 is 1.13 bits per heavy atom. The van der Waals surface area contributed by atoms with Crippen molar-refractivity contribution < 1.29 is 9.18 Å². The lowest BCUT2D eigenvalue weighted by molar-refractivity contribution is -0.113. The minimum Gasteiger partial charge on any atom is -0.325 e. The number of carbonyl (C=O) groups excluding carboxylic acids is 1. The molecule has 0 aliphatic heterocycles. The lowest BCUT2D eigenvalue weighted by Crippen LogP contribution is -2.15. The molecule has 30 heavy (non-hydrogen) atoms. The molecular formula is C23H21FN4OS. The summed E-state index contributed by atoms with van der Waals surface area (Å²) in [6, 6.07) is 14.0. The van der Waals surface area contributed by atoms with E-state index in [1.165, 1.54) is 23.9 Å². The Morgan fingerprint density at radius 2 is 1.90 bits per heavy atom. The number of nitrogens with one attached hydrogen (secondary N) is 1. The molecular weight excluding hydrogens is 399 g/mol. The number of nitrogens with zero attached hydrogens (tertiary/aromatic N) is 3. The summed E-state index contributed by atoms with van der Waals surface area (Å²) in [5, 5.41) is 8.26. The van der Waals surface area contributed by atoms with Gasteiger partial charge in [0.1, 0.15) is 10.8 Å². The molecule has 0 saturated heterocycles. The van der Waals surface area contributed by atoms with Gasteiger partial charge in [0.25, 0.3) is 0 Å². The van der Waals surface area contributed by atoms with Gasteiger partial charge in [-0.1, -0.05) is 36.0 Å². The van der Waals surface area contributed by atoms with Gasteiger partial charge in [-0.2, -0.15) is 5.10 Å². The SMILES string of the molecule is Cc1cc(SCC(=O)Nc2cccc(C)c2C)n2ncc(-c3ccc(F)cc3)c2n1. The topological polar surface area (TPSA) is 59.3 Å². The summed E-state index contributed by atoms with van der Waals surface area (Å²) in [7, 11) is 0. The van der Waals surface area contributed by atoms with Gasteiger partial charge in [-0.05, 0) is 61.7 Å². The summed E-state index contributed by atoms with van der Waals surface area (Å²) >= 11 is 1.40. The van der Waals surface area contributed by atoms with E-state index in [4.69, 9.17) is 0 Å². The molecule has 0 radical (unpaired) electrons. The molecule has 0 spiro atoms. The third-order valence-electron chi connectivity index (χ3n) is 4.95. The summed E-state index contributed by atoms with van der Waals surface area (Å²) in [4.78, 5) is 17.1. The highest BCUT2D eigenvalue weighted by Crippen LogP contribution is 2.28. The van der Waals surface area contributed by atoms with Crippen molar-refractivity contribution in [3.05, 3.63) is 77.4 Å². The third kappa shape index (κ3) is 4.07. The van der Waals surface area contributed by atoms with E-state index in [1.54, 1.807) is 22.8 Å². The van der Waals surface area contributed by atoms with Crippen LogP contribution in [0.25, 0.3) is 16.8 Å². The van der Waals surface area contributed by atoms with Crippen molar-refractivity contribution in [3.63, 3.8) is 0 Å². The standard InChI is InChI=1S/C23H21FN4OS/c1-14-5-4-6-20(16(14)3)27-21(29)13-30-22-11-15(2)26-23-19(12-25-28(22)23)17-7-9-18(24)10-8-17/h4-12H,13H2,1-3H3,(H,27,29). The van der Waals surface area contributed by atoms with E-state index >= 15 is 0 Å². The first-order valence-corrected chi connectivity index (χ1v) is 10.5. The molecule has 0 unspecified atom stereocenters. The van der Waals surface area contributed by atoms with Gasteiger partial charge in [0.15, 0.2) is 5.65 Å². The van der Waals surface area contributed by atoms with Gasteiger partial charge < -0.3 is 5.32 Å². The number of anilines is 1. The molecule has 152 valence electrons. The second kappa shape index (κ2) is 8.28. The van der Waals surface area contributed by atoms with Crippen molar-refractivity contribution >= 4 is 29.0 Å². The van der Waals surface area contributed by atoms with Crippen LogP contribution in [0.2, 0.25) is 0 Å². The van der Waals surface area contributed by atoms with Gasteiger partial charge in [0.05, 0.1) is 11.9 Å². The summed E-state index contributed by atoms with van der Waals surface area (Å²) < 4.78 is 15.0. The number of aryl methyl sites for hydroxylation is 2. The molecule has 4 rings (SSSR count). The molecule has 5 nitrogen and oxygen atoms in total. The highest BCUT2D eigenvalue weighted by molar-refractivity contribution is 7.99. The molecule has 2 heterocycles. The summed E-state index contributed by atoms with van der Waals surface area (Å²) in [5.74, 6) is -0.120. The second-order valence-electron chi connectivity index (χ2n) is 7.12. The fourth-order valence-electron chi connectivity index (χ4n) is 3.20. The van der Waals surface area contributed by atoms with E-state index in [0.717, 1.165) is 38.7 Å². The van der Waals surface area contributed by atoms with Crippen LogP contribution in [0.15, 0.2) is 59.8 Å². The fourth-order valence-corrected chi connectivity index (χ4v) is 4.06. The third-order valence-corrected chi connectivity index (χ3v) is 5.95. The molecule has 1 amide bonds. The van der Waals surface area contributed by atoms with Crippen molar-refractivity contribution in [1.29, 1.82) is 0 Å². The lowest BCUT2D eigenvalue weighted by Gasteiger charge is -2.11. The molecule has 2 aromatic carbocycles. The van der Waals surface area contributed by atoms with Gasteiger partial charge in [-0.3, -0.25) is 4.79 Å². The summed E-state index contributed by atoms with van der Waals surface area (Å²) in [5.41, 5.74) is 6.19. The van der Waals surface area contributed by atoms with Crippen LogP contribution in [0, 0.1) is 26.6 Å². The molecule has 1 N–H and O–H groups in total. The average Bonchev–Trinajstić information content (AvgIpc) is 3.14. The zero-order chi connectivity index (χ0) is 21.3. The van der Waals surface area contributed by atoms with E-state index in [9.17, 15) is 9.18 Å². The number of benzene rings is 2. The molecule has 2 aromatic heterocycles. The maximum absolute atomic E-state index is 13.3. The molecule has 7 heteroatoms. The maximum Gasteiger partial charge on any atom is 0.234 e. The zero-order valence-corrected chi connectivity index (χ0v) is 17.8. The van der Waals surface area contributed by atoms with Crippen LogP contribution in [-0.2, 0) is 4.79 Å². The normalized spacial score (nSPS) is 11.1. The van der Waals surface area contributed by atoms with E-state index in [1.807, 2.05) is 45.0 Å². The number of fused-ring (bicyclic) bond motifs is 1. The predicted octanol–water partition coefficient (Wildman–Crippen LogP) is 5.19. The molecule has 4 aromatic rings. The van der Waals surface area contributed by atoms with Gasteiger partial charge in [-0.25, -0.2) is 13.9 Å². The number of hydrogen-bond acceptors (Lipinski definition) is 4. The summed E-state index contributed by atoms with van der Waals surface area (Å²) in [6.45, 7) is 5.92. The van der Waals surface area contributed by atoms with Crippen LogP contribution in [-0.4, -0.2) is 26.3 Å². The second-order valence-corrected chi connectivity index (χ2v) is 8.12. The number of carbonyl (C=O) groups is 1.